The monoisotopic (exact) mass is 393 g/mol. The van der Waals surface area contributed by atoms with Crippen molar-refractivity contribution in [1.82, 2.24) is 5.43 Å². The van der Waals surface area contributed by atoms with E-state index in [1.807, 2.05) is 0 Å². The Kier molecular flexibility index (Phi) is 4.68. The van der Waals surface area contributed by atoms with Crippen molar-refractivity contribution in [2.24, 2.45) is 10.2 Å². The molecule has 1 amide bonds. The molecule has 0 fully saturated rings. The van der Waals surface area contributed by atoms with Crippen molar-refractivity contribution < 1.29 is 17.6 Å². The van der Waals surface area contributed by atoms with E-state index in [2.05, 4.69) is 21.2 Å². The number of amides is 1. The number of primary sulfonamides is 1. The largest absolute Gasteiger partial charge is 0.331 e. The second kappa shape index (κ2) is 6.78. The number of rotatable bonds is 3. The third-order valence-corrected chi connectivity index (χ3v) is 4.49. The minimum Gasteiger partial charge on any atom is -0.331 e. The Morgan fingerprint density at radius 1 is 1.23 bits per heavy atom. The fourth-order valence-electron chi connectivity index (χ4n) is 2.26. The second-order valence-corrected chi connectivity index (χ2v) is 7.21. The maximum Gasteiger partial charge on any atom is 0.276 e. The number of carbonyl (C=O) groups excluding carboxylic acids is 1. The van der Waals surface area contributed by atoms with Gasteiger partial charge < -0.3 is 10.6 Å². The molecule has 0 atom stereocenters. The predicted molar refractivity (Wildman–Crippen MR) is 98.7 cm³/mol. The Labute approximate surface area is 153 Å². The number of hydrogen-bond acceptors (Lipinski definition) is 5. The molecule has 0 unspecified atom stereocenters. The Hall–Kier alpha value is -2.89. The number of sulfonamides is 1. The lowest BCUT2D eigenvalue weighted by Gasteiger charge is -2.08. The highest BCUT2D eigenvalue weighted by atomic mass is 32.2. The molecule has 1 aliphatic rings. The van der Waals surface area contributed by atoms with Crippen LogP contribution in [0, 0.1) is 5.82 Å². The average Bonchev–Trinajstić information content (AvgIpc) is 2.86. The summed E-state index contributed by atoms with van der Waals surface area (Å²) >= 11 is 5.06. The van der Waals surface area contributed by atoms with E-state index < -0.39 is 21.7 Å². The number of nitrogens with one attached hydrogen (secondary N) is 3. The molecule has 0 aromatic heterocycles. The summed E-state index contributed by atoms with van der Waals surface area (Å²) in [6.45, 7) is 0. The van der Waals surface area contributed by atoms with E-state index in [-0.39, 0.29) is 15.7 Å². The molecule has 5 N–H and O–H groups in total. The van der Waals surface area contributed by atoms with Crippen LogP contribution < -0.4 is 21.2 Å². The molecule has 0 radical (unpaired) electrons. The summed E-state index contributed by atoms with van der Waals surface area (Å²) in [4.78, 5) is 11.8. The van der Waals surface area contributed by atoms with Gasteiger partial charge >= 0.3 is 0 Å². The smallest absolute Gasteiger partial charge is 0.276 e. The summed E-state index contributed by atoms with van der Waals surface area (Å²) in [5.41, 5.74) is 3.65. The van der Waals surface area contributed by atoms with Crippen LogP contribution in [0.1, 0.15) is 5.56 Å². The first-order valence-electron chi connectivity index (χ1n) is 7.13. The molecule has 26 heavy (non-hydrogen) atoms. The van der Waals surface area contributed by atoms with Gasteiger partial charge in [-0.3, -0.25) is 10.2 Å². The van der Waals surface area contributed by atoms with Gasteiger partial charge in [-0.1, -0.05) is 6.07 Å². The van der Waals surface area contributed by atoms with E-state index in [1.54, 1.807) is 6.07 Å². The molecule has 2 aromatic carbocycles. The van der Waals surface area contributed by atoms with Gasteiger partial charge in [0.25, 0.3) is 5.91 Å². The van der Waals surface area contributed by atoms with E-state index in [4.69, 9.17) is 17.4 Å². The molecule has 134 valence electrons. The van der Waals surface area contributed by atoms with E-state index in [0.29, 0.717) is 16.9 Å². The molecule has 0 spiro atoms. The first-order valence-corrected chi connectivity index (χ1v) is 9.08. The predicted octanol–water partition coefficient (Wildman–Crippen LogP) is 1.12. The third-order valence-electron chi connectivity index (χ3n) is 3.39. The molecule has 3 rings (SSSR count). The van der Waals surface area contributed by atoms with Crippen LogP contribution in [0.4, 0.5) is 15.8 Å². The van der Waals surface area contributed by atoms with Gasteiger partial charge in [0, 0.05) is 11.3 Å². The second-order valence-electron chi connectivity index (χ2n) is 5.24. The Morgan fingerprint density at radius 2 is 2.00 bits per heavy atom. The topological polar surface area (TPSA) is 126 Å². The van der Waals surface area contributed by atoms with Crippen molar-refractivity contribution in [1.29, 1.82) is 0 Å². The van der Waals surface area contributed by atoms with E-state index in [9.17, 15) is 17.6 Å². The molecular formula is C15H12FN5O3S2. The first-order chi connectivity index (χ1) is 12.2. The Morgan fingerprint density at radius 3 is 2.73 bits per heavy atom. The number of hydrogen-bond donors (Lipinski definition) is 4. The van der Waals surface area contributed by atoms with Crippen molar-refractivity contribution in [2.45, 2.75) is 4.90 Å². The number of halogens is 1. The summed E-state index contributed by atoms with van der Waals surface area (Å²) in [6, 6.07) is 9.54. The summed E-state index contributed by atoms with van der Waals surface area (Å²) in [6.07, 6.45) is 0. The van der Waals surface area contributed by atoms with Crippen LogP contribution in [0.25, 0.3) is 0 Å². The number of benzene rings is 2. The van der Waals surface area contributed by atoms with Gasteiger partial charge in [-0.25, -0.2) is 17.9 Å². The highest BCUT2D eigenvalue weighted by molar-refractivity contribution is 7.89. The fourth-order valence-corrected chi connectivity index (χ4v) is 2.98. The summed E-state index contributed by atoms with van der Waals surface area (Å²) in [5.74, 6) is -0.984. The molecule has 1 aliphatic heterocycles. The maximum absolute atomic E-state index is 13.2. The normalized spacial score (nSPS) is 14.7. The highest BCUT2D eigenvalue weighted by Crippen LogP contribution is 2.24. The lowest BCUT2D eigenvalue weighted by molar-refractivity contribution is -0.110. The average molecular weight is 393 g/mol. The number of anilines is 2. The standard InChI is InChI=1S/C15H12FN5O3S2/c16-8-4-5-11-12(6-8)19-14(22)13(11)20-21-15(25)18-9-2-1-3-10(7-9)26(17,23)24/h1-7H,(H2,17,23,24)(H2,18,21,25)(H,19,20,22). The number of nitrogens with zero attached hydrogens (tertiary/aromatic N) is 1. The molecule has 11 heteroatoms. The minimum absolute atomic E-state index is 0.0208. The van der Waals surface area contributed by atoms with Crippen LogP contribution in [-0.4, -0.2) is 25.1 Å². The summed E-state index contributed by atoms with van der Waals surface area (Å²) < 4.78 is 35.9. The highest BCUT2D eigenvalue weighted by Gasteiger charge is 2.26. The van der Waals surface area contributed by atoms with Gasteiger partial charge in [0.2, 0.25) is 10.0 Å². The number of fused-ring (bicyclic) bond motifs is 1. The Bertz CT molecular complexity index is 1050. The zero-order chi connectivity index (χ0) is 18.9. The van der Waals surface area contributed by atoms with Gasteiger partial charge in [-0.05, 0) is 48.6 Å². The number of hydrazone groups is 1. The van der Waals surface area contributed by atoms with Gasteiger partial charge in [0.1, 0.15) is 5.82 Å². The van der Waals surface area contributed by atoms with Crippen molar-refractivity contribution in [2.75, 3.05) is 10.6 Å². The number of carbonyl (C=O) groups is 1. The molecule has 0 bridgehead atoms. The van der Waals surface area contributed by atoms with Crippen LogP contribution in [0.2, 0.25) is 0 Å². The summed E-state index contributed by atoms with van der Waals surface area (Å²) in [5, 5.41) is 14.2. The first kappa shape index (κ1) is 17.9. The van der Waals surface area contributed by atoms with E-state index in [1.165, 1.54) is 36.4 Å². The van der Waals surface area contributed by atoms with Gasteiger partial charge in [-0.2, -0.15) is 5.10 Å². The third kappa shape index (κ3) is 3.85. The molecule has 0 aliphatic carbocycles. The van der Waals surface area contributed by atoms with Crippen LogP contribution in [0.15, 0.2) is 52.5 Å². The van der Waals surface area contributed by atoms with Crippen LogP contribution in [0.3, 0.4) is 0 Å². The van der Waals surface area contributed by atoms with Gasteiger partial charge in [0.15, 0.2) is 10.8 Å². The van der Waals surface area contributed by atoms with Crippen molar-refractivity contribution in [3.8, 4) is 0 Å². The maximum atomic E-state index is 13.2. The molecule has 0 saturated carbocycles. The molecule has 1 heterocycles. The SMILES string of the molecule is NS(=O)(=O)c1cccc(NC(=S)NN=C2C(=O)Nc3cc(F)ccc32)c1. The molecule has 0 saturated heterocycles. The van der Waals surface area contributed by atoms with E-state index >= 15 is 0 Å². The summed E-state index contributed by atoms with van der Waals surface area (Å²) in [7, 11) is -3.85. The lowest BCUT2D eigenvalue weighted by Crippen LogP contribution is -2.27. The number of nitrogens with two attached hydrogens (primary N) is 1. The molecule has 2 aromatic rings. The van der Waals surface area contributed by atoms with Crippen molar-refractivity contribution in [3.05, 3.63) is 53.8 Å². The fraction of sp³-hybridized carbons (Fsp3) is 0. The Balaban J connectivity index is 1.74. The van der Waals surface area contributed by atoms with E-state index in [0.717, 1.165) is 0 Å². The quantitative estimate of drug-likeness (QED) is 0.457. The zero-order valence-electron chi connectivity index (χ0n) is 13.0. The molecular weight excluding hydrogens is 381 g/mol. The van der Waals surface area contributed by atoms with Crippen LogP contribution >= 0.6 is 12.2 Å². The van der Waals surface area contributed by atoms with Crippen molar-refractivity contribution in [3.63, 3.8) is 0 Å². The van der Waals surface area contributed by atoms with Crippen LogP contribution in [0.5, 0.6) is 0 Å². The number of thiocarbonyl (C=S) groups is 1. The lowest BCUT2D eigenvalue weighted by atomic mass is 10.1. The van der Waals surface area contributed by atoms with Crippen LogP contribution in [-0.2, 0) is 14.8 Å². The zero-order valence-corrected chi connectivity index (χ0v) is 14.6. The molecule has 8 nitrogen and oxygen atoms in total. The van der Waals surface area contributed by atoms with Gasteiger partial charge in [0.05, 0.1) is 10.6 Å². The minimum atomic E-state index is -3.85. The van der Waals surface area contributed by atoms with Crippen molar-refractivity contribution >= 4 is 50.3 Å². The van der Waals surface area contributed by atoms with Gasteiger partial charge in [-0.15, -0.1) is 0 Å².